The molecule has 136 valence electrons. The number of aromatic nitrogens is 2. The number of anilines is 1. The number of nitrogens with zero attached hydrogens (tertiary/aromatic N) is 3. The Morgan fingerprint density at radius 3 is 2.59 bits per heavy atom. The number of rotatable bonds is 3. The van der Waals surface area contributed by atoms with Crippen LogP contribution in [0.15, 0.2) is 67.1 Å². The minimum Gasteiger partial charge on any atom is -0.464 e. The number of carbonyl (C=O) groups excluding carboxylic acids is 2. The quantitative estimate of drug-likeness (QED) is 0.672. The highest BCUT2D eigenvalue weighted by Gasteiger charge is 2.31. The number of imidazole rings is 1. The number of esters is 1. The SMILES string of the molecule is COC(=O)c1cncn1C1CCN(C(=O)c2ccccc2)c2ccccc21. The summed E-state index contributed by atoms with van der Waals surface area (Å²) in [6.45, 7) is 0.550. The van der Waals surface area contributed by atoms with Crippen LogP contribution in [-0.4, -0.2) is 35.1 Å². The van der Waals surface area contributed by atoms with Crippen molar-refractivity contribution in [2.45, 2.75) is 12.5 Å². The molecule has 2 heterocycles. The fourth-order valence-corrected chi connectivity index (χ4v) is 3.59. The fraction of sp³-hybridized carbons (Fsp3) is 0.190. The lowest BCUT2D eigenvalue weighted by atomic mass is 9.95. The van der Waals surface area contributed by atoms with Crippen LogP contribution in [0.5, 0.6) is 0 Å². The summed E-state index contributed by atoms with van der Waals surface area (Å²) in [5.74, 6) is -0.451. The van der Waals surface area contributed by atoms with Gasteiger partial charge in [-0.15, -0.1) is 0 Å². The Morgan fingerprint density at radius 2 is 1.81 bits per heavy atom. The number of hydrogen-bond acceptors (Lipinski definition) is 4. The predicted molar refractivity (Wildman–Crippen MR) is 101 cm³/mol. The van der Waals surface area contributed by atoms with Crippen molar-refractivity contribution in [1.82, 2.24) is 9.55 Å². The predicted octanol–water partition coefficient (Wildman–Crippen LogP) is 3.31. The third-order valence-electron chi connectivity index (χ3n) is 4.87. The van der Waals surface area contributed by atoms with Crippen LogP contribution >= 0.6 is 0 Å². The van der Waals surface area contributed by atoms with E-state index < -0.39 is 5.97 Å². The summed E-state index contributed by atoms with van der Waals surface area (Å²) in [4.78, 5) is 31.0. The normalized spacial score (nSPS) is 15.9. The zero-order chi connectivity index (χ0) is 18.8. The summed E-state index contributed by atoms with van der Waals surface area (Å²) in [5.41, 5.74) is 2.90. The molecule has 0 bridgehead atoms. The Hall–Kier alpha value is -3.41. The van der Waals surface area contributed by atoms with Crippen molar-refractivity contribution in [1.29, 1.82) is 0 Å². The van der Waals surface area contributed by atoms with E-state index in [4.69, 9.17) is 4.74 Å². The average molecular weight is 361 g/mol. The van der Waals surface area contributed by atoms with Gasteiger partial charge < -0.3 is 14.2 Å². The zero-order valence-corrected chi connectivity index (χ0v) is 14.9. The summed E-state index contributed by atoms with van der Waals surface area (Å²) in [5, 5.41) is 0. The summed E-state index contributed by atoms with van der Waals surface area (Å²) in [6, 6.07) is 17.0. The van der Waals surface area contributed by atoms with Gasteiger partial charge in [-0.05, 0) is 30.2 Å². The summed E-state index contributed by atoms with van der Waals surface area (Å²) < 4.78 is 6.70. The molecule has 1 atom stereocenters. The van der Waals surface area contributed by atoms with Crippen LogP contribution in [0.4, 0.5) is 5.69 Å². The molecule has 0 N–H and O–H groups in total. The molecule has 1 aliphatic rings. The van der Waals surface area contributed by atoms with Crippen LogP contribution < -0.4 is 4.90 Å². The van der Waals surface area contributed by atoms with E-state index in [-0.39, 0.29) is 11.9 Å². The molecule has 6 nitrogen and oxygen atoms in total. The van der Waals surface area contributed by atoms with Crippen molar-refractivity contribution < 1.29 is 14.3 Å². The molecule has 0 fully saturated rings. The van der Waals surface area contributed by atoms with Gasteiger partial charge in [-0.25, -0.2) is 9.78 Å². The van der Waals surface area contributed by atoms with Gasteiger partial charge in [-0.1, -0.05) is 36.4 Å². The van der Waals surface area contributed by atoms with Gasteiger partial charge in [0, 0.05) is 17.8 Å². The third-order valence-corrected chi connectivity index (χ3v) is 4.87. The highest BCUT2D eigenvalue weighted by Crippen LogP contribution is 2.37. The first-order valence-corrected chi connectivity index (χ1v) is 8.76. The Morgan fingerprint density at radius 1 is 1.07 bits per heavy atom. The molecule has 1 aromatic heterocycles. The highest BCUT2D eigenvalue weighted by molar-refractivity contribution is 6.06. The minimum absolute atomic E-state index is 0.0275. The number of benzene rings is 2. The number of fused-ring (bicyclic) bond motifs is 1. The van der Waals surface area contributed by atoms with Crippen LogP contribution in [0.25, 0.3) is 0 Å². The van der Waals surface area contributed by atoms with E-state index >= 15 is 0 Å². The minimum atomic E-state index is -0.423. The van der Waals surface area contributed by atoms with E-state index in [1.54, 1.807) is 11.2 Å². The smallest absolute Gasteiger partial charge is 0.356 e. The van der Waals surface area contributed by atoms with Gasteiger partial charge in [-0.2, -0.15) is 0 Å². The van der Waals surface area contributed by atoms with Crippen LogP contribution in [0, 0.1) is 0 Å². The molecule has 0 aliphatic carbocycles. The van der Waals surface area contributed by atoms with Crippen molar-refractivity contribution in [3.8, 4) is 0 Å². The van der Waals surface area contributed by atoms with Crippen molar-refractivity contribution >= 4 is 17.6 Å². The number of ether oxygens (including phenoxy) is 1. The maximum absolute atomic E-state index is 13.0. The lowest BCUT2D eigenvalue weighted by Gasteiger charge is -2.35. The molecule has 4 rings (SSSR count). The first kappa shape index (κ1) is 17.0. The van der Waals surface area contributed by atoms with Crippen LogP contribution in [0.1, 0.15) is 38.9 Å². The van der Waals surface area contributed by atoms with Gasteiger partial charge in [-0.3, -0.25) is 4.79 Å². The number of methoxy groups -OCH3 is 1. The lowest BCUT2D eigenvalue weighted by Crippen LogP contribution is -2.38. The molecule has 3 aromatic rings. The summed E-state index contributed by atoms with van der Waals surface area (Å²) in [7, 11) is 1.36. The van der Waals surface area contributed by atoms with E-state index in [9.17, 15) is 9.59 Å². The van der Waals surface area contributed by atoms with E-state index in [1.165, 1.54) is 13.3 Å². The first-order chi connectivity index (χ1) is 13.2. The van der Waals surface area contributed by atoms with Crippen molar-refractivity contribution in [2.75, 3.05) is 18.6 Å². The van der Waals surface area contributed by atoms with Crippen LogP contribution in [-0.2, 0) is 4.74 Å². The van der Waals surface area contributed by atoms with Crippen LogP contribution in [0.3, 0.4) is 0 Å². The van der Waals surface area contributed by atoms with Crippen molar-refractivity contribution in [3.05, 3.63) is 83.9 Å². The van der Waals surface area contributed by atoms with E-state index in [2.05, 4.69) is 4.98 Å². The number of hydrogen-bond donors (Lipinski definition) is 0. The first-order valence-electron chi connectivity index (χ1n) is 8.76. The molecule has 0 saturated carbocycles. The van der Waals surface area contributed by atoms with Gasteiger partial charge in [0.05, 0.1) is 25.7 Å². The van der Waals surface area contributed by atoms with Gasteiger partial charge in [0.25, 0.3) is 5.91 Å². The fourth-order valence-electron chi connectivity index (χ4n) is 3.59. The summed E-state index contributed by atoms with van der Waals surface area (Å²) >= 11 is 0. The van der Waals surface area contributed by atoms with Crippen LogP contribution in [0.2, 0.25) is 0 Å². The monoisotopic (exact) mass is 361 g/mol. The Bertz CT molecular complexity index is 981. The standard InChI is InChI=1S/C21H19N3O3/c1-27-21(26)19-13-22-14-24(19)18-11-12-23(17-10-6-5-9-16(17)18)20(25)15-7-3-2-4-8-15/h2-10,13-14,18H,11-12H2,1H3. The van der Waals surface area contributed by atoms with Gasteiger partial charge >= 0.3 is 5.97 Å². The second kappa shape index (κ2) is 7.07. The van der Waals surface area contributed by atoms with Gasteiger partial charge in [0.2, 0.25) is 0 Å². The molecular formula is C21H19N3O3. The molecule has 0 radical (unpaired) electrons. The zero-order valence-electron chi connectivity index (χ0n) is 14.9. The molecule has 0 saturated heterocycles. The number of amides is 1. The molecule has 2 aromatic carbocycles. The number of carbonyl (C=O) groups is 2. The molecule has 0 spiro atoms. The van der Waals surface area contributed by atoms with Crippen molar-refractivity contribution in [3.63, 3.8) is 0 Å². The average Bonchev–Trinajstić information content (AvgIpc) is 3.22. The molecule has 6 heteroatoms. The topological polar surface area (TPSA) is 64.4 Å². The van der Waals surface area contributed by atoms with Crippen molar-refractivity contribution in [2.24, 2.45) is 0 Å². The second-order valence-electron chi connectivity index (χ2n) is 6.36. The molecule has 1 unspecified atom stereocenters. The van der Waals surface area contributed by atoms with E-state index in [1.807, 2.05) is 59.2 Å². The Kier molecular flexibility index (Phi) is 4.46. The Balaban J connectivity index is 1.74. The second-order valence-corrected chi connectivity index (χ2v) is 6.36. The molecule has 1 aliphatic heterocycles. The molecule has 1 amide bonds. The van der Waals surface area contributed by atoms with E-state index in [0.717, 1.165) is 11.3 Å². The highest BCUT2D eigenvalue weighted by atomic mass is 16.5. The lowest BCUT2D eigenvalue weighted by molar-refractivity contribution is 0.0586. The van der Waals surface area contributed by atoms with E-state index in [0.29, 0.717) is 24.2 Å². The maximum Gasteiger partial charge on any atom is 0.356 e. The van der Waals surface area contributed by atoms with Gasteiger partial charge in [0.1, 0.15) is 5.69 Å². The summed E-state index contributed by atoms with van der Waals surface area (Å²) in [6.07, 6.45) is 3.83. The maximum atomic E-state index is 13.0. The molecule has 27 heavy (non-hydrogen) atoms. The van der Waals surface area contributed by atoms with Gasteiger partial charge in [0.15, 0.2) is 0 Å². The third kappa shape index (κ3) is 2.99. The number of para-hydroxylation sites is 1. The Labute approximate surface area is 157 Å². The largest absolute Gasteiger partial charge is 0.464 e. The molecular weight excluding hydrogens is 342 g/mol.